The van der Waals surface area contributed by atoms with E-state index in [2.05, 4.69) is 65.7 Å². The first-order valence-corrected chi connectivity index (χ1v) is 6.99. The molecule has 84 valence electrons. The fourth-order valence-electron chi connectivity index (χ4n) is 2.35. The Bertz CT molecular complexity index is 566. The maximum Gasteiger partial charge on any atom is 0.344 e. The van der Waals surface area contributed by atoms with Crippen LogP contribution in [0, 0.1) is 6.92 Å². The molecule has 2 nitrogen and oxygen atoms in total. The predicted octanol–water partition coefficient (Wildman–Crippen LogP) is 2.09. The third kappa shape index (κ3) is 1.67. The van der Waals surface area contributed by atoms with E-state index >= 15 is 0 Å². The molecule has 2 radical (unpaired) electrons. The molecule has 0 unspecified atom stereocenters. The zero-order chi connectivity index (χ0) is 11.8. The molecule has 1 aromatic carbocycles. The summed E-state index contributed by atoms with van der Waals surface area (Å²) in [6.45, 7) is 2.18. The normalized spacial score (nSPS) is 13.9. The van der Waals surface area contributed by atoms with Crippen molar-refractivity contribution >= 4 is 21.2 Å². The van der Waals surface area contributed by atoms with Gasteiger partial charge in [-0.3, -0.25) is 4.57 Å². The number of hydrogen-bond acceptors (Lipinski definition) is 1. The largest absolute Gasteiger partial charge is 0.344 e. The van der Waals surface area contributed by atoms with Gasteiger partial charge >= 0.3 is 9.68 Å². The molecule has 0 spiro atoms. The summed E-state index contributed by atoms with van der Waals surface area (Å²) in [5.74, 6) is 1.35. The highest BCUT2D eigenvalue weighted by atomic mass is 28.2. The van der Waals surface area contributed by atoms with Crippen molar-refractivity contribution in [3.63, 3.8) is 0 Å². The summed E-state index contributed by atoms with van der Waals surface area (Å²) < 4.78 is 4.67. The lowest BCUT2D eigenvalue weighted by Gasteiger charge is -2.15. The monoisotopic (exact) mass is 239 g/mol. The van der Waals surface area contributed by atoms with Gasteiger partial charge in [0, 0.05) is 11.6 Å². The van der Waals surface area contributed by atoms with Crippen molar-refractivity contribution in [3.8, 4) is 0 Å². The Morgan fingerprint density at radius 3 is 2.82 bits per heavy atom. The van der Waals surface area contributed by atoms with E-state index in [0.29, 0.717) is 0 Å². The molecule has 0 fully saturated rings. The van der Waals surface area contributed by atoms with Gasteiger partial charge in [-0.1, -0.05) is 18.2 Å². The van der Waals surface area contributed by atoms with E-state index in [9.17, 15) is 0 Å². The molecule has 3 rings (SSSR count). The molecule has 1 aliphatic heterocycles. The first-order valence-electron chi connectivity index (χ1n) is 5.84. The van der Waals surface area contributed by atoms with E-state index < -0.39 is 0 Å². The van der Waals surface area contributed by atoms with Gasteiger partial charge < -0.3 is 0 Å². The minimum absolute atomic E-state index is 0.820. The van der Waals surface area contributed by atoms with Crippen molar-refractivity contribution in [1.82, 2.24) is 0 Å². The molecule has 0 bridgehead atoms. The van der Waals surface area contributed by atoms with Crippen LogP contribution in [0.4, 0.5) is 11.5 Å². The van der Waals surface area contributed by atoms with Gasteiger partial charge in [-0.2, -0.15) is 0 Å². The summed E-state index contributed by atoms with van der Waals surface area (Å²) in [4.78, 5) is 0. The van der Waals surface area contributed by atoms with Crippen molar-refractivity contribution in [2.24, 2.45) is 7.05 Å². The zero-order valence-corrected chi connectivity index (χ0v) is 11.1. The quantitative estimate of drug-likeness (QED) is 0.546. The highest BCUT2D eigenvalue weighted by Crippen LogP contribution is 2.31. The van der Waals surface area contributed by atoms with Crippen molar-refractivity contribution < 1.29 is 4.57 Å². The van der Waals surface area contributed by atoms with Gasteiger partial charge in [0.1, 0.15) is 5.69 Å². The molecule has 3 heteroatoms. The number of fused-ring (bicyclic) bond motifs is 1. The Hall–Kier alpha value is -1.61. The molecule has 2 aromatic rings. The van der Waals surface area contributed by atoms with Crippen LogP contribution in [0.1, 0.15) is 11.1 Å². The first kappa shape index (κ1) is 10.5. The SMILES string of the molecule is Cc1ccccc1N1[Si]Cc2ccc[n+](C)c21. The van der Waals surface area contributed by atoms with Crippen LogP contribution in [0.25, 0.3) is 0 Å². The van der Waals surface area contributed by atoms with Crippen LogP contribution in [0.2, 0.25) is 0 Å². The Morgan fingerprint density at radius 1 is 1.18 bits per heavy atom. The highest BCUT2D eigenvalue weighted by Gasteiger charge is 2.32. The standard InChI is InChI=1S/C14H15N2Si/c1-11-6-3-4-8-13(11)16-14-12(10-17-16)7-5-9-15(14)2/h3-9H,10H2,1-2H3/q+1. The molecule has 0 aliphatic carbocycles. The lowest BCUT2D eigenvalue weighted by molar-refractivity contribution is -0.658. The first-order chi connectivity index (χ1) is 8.27. The van der Waals surface area contributed by atoms with Gasteiger partial charge in [-0.25, -0.2) is 4.57 Å². The Kier molecular flexibility index (Phi) is 2.48. The average Bonchev–Trinajstić information content (AvgIpc) is 2.75. The second-order valence-electron chi connectivity index (χ2n) is 4.42. The molecule has 2 heterocycles. The van der Waals surface area contributed by atoms with Crippen LogP contribution in [0.15, 0.2) is 42.6 Å². The summed E-state index contributed by atoms with van der Waals surface area (Å²) in [5, 5.41) is 0. The van der Waals surface area contributed by atoms with E-state index in [-0.39, 0.29) is 0 Å². The molecule has 0 saturated carbocycles. The summed E-state index contributed by atoms with van der Waals surface area (Å²) in [7, 11) is 2.95. The third-order valence-corrected chi connectivity index (χ3v) is 4.53. The number of pyridine rings is 1. The van der Waals surface area contributed by atoms with E-state index in [0.717, 1.165) is 9.68 Å². The number of benzene rings is 1. The van der Waals surface area contributed by atoms with Crippen LogP contribution < -0.4 is 9.13 Å². The Morgan fingerprint density at radius 2 is 2.00 bits per heavy atom. The van der Waals surface area contributed by atoms with Gasteiger partial charge in [0.25, 0.3) is 5.82 Å². The van der Waals surface area contributed by atoms with Crippen LogP contribution in [0.3, 0.4) is 0 Å². The number of para-hydroxylation sites is 1. The van der Waals surface area contributed by atoms with Crippen molar-refractivity contribution in [2.45, 2.75) is 13.0 Å². The fraction of sp³-hybridized carbons (Fsp3) is 0.214. The Balaban J connectivity index is 2.13. The number of nitrogens with zero attached hydrogens (tertiary/aromatic N) is 2. The zero-order valence-electron chi connectivity index (χ0n) is 10.1. The van der Waals surface area contributed by atoms with Gasteiger partial charge in [0.15, 0.2) is 0 Å². The molecule has 1 aliphatic rings. The van der Waals surface area contributed by atoms with Gasteiger partial charge in [-0.15, -0.1) is 0 Å². The number of hydrogen-bond donors (Lipinski definition) is 0. The summed E-state index contributed by atoms with van der Waals surface area (Å²) >= 11 is 0. The molecule has 0 amide bonds. The second kappa shape index (κ2) is 4.00. The smallest absolute Gasteiger partial charge is 0.274 e. The van der Waals surface area contributed by atoms with Crippen LogP contribution in [-0.4, -0.2) is 9.68 Å². The number of anilines is 2. The summed E-state index contributed by atoms with van der Waals surface area (Å²) in [6, 6.07) is 14.1. The minimum atomic E-state index is 0.820. The molecule has 1 aromatic heterocycles. The van der Waals surface area contributed by atoms with E-state index in [4.69, 9.17) is 0 Å². The lowest BCUT2D eigenvalue weighted by atomic mass is 10.2. The molecule has 0 atom stereocenters. The summed E-state index contributed by atoms with van der Waals surface area (Å²) in [6.07, 6.45) is 2.12. The highest BCUT2D eigenvalue weighted by molar-refractivity contribution is 6.46. The lowest BCUT2D eigenvalue weighted by Crippen LogP contribution is -2.35. The van der Waals surface area contributed by atoms with Gasteiger partial charge in [-0.05, 0) is 30.7 Å². The molecule has 17 heavy (non-hydrogen) atoms. The third-order valence-electron chi connectivity index (χ3n) is 3.22. The Labute approximate surface area is 104 Å². The van der Waals surface area contributed by atoms with E-state index in [1.807, 2.05) is 0 Å². The fourth-order valence-corrected chi connectivity index (χ4v) is 3.83. The van der Waals surface area contributed by atoms with Crippen LogP contribution >= 0.6 is 0 Å². The average molecular weight is 239 g/mol. The van der Waals surface area contributed by atoms with Crippen molar-refractivity contribution in [2.75, 3.05) is 4.57 Å². The molecule has 0 saturated heterocycles. The number of rotatable bonds is 1. The van der Waals surface area contributed by atoms with E-state index in [1.54, 1.807) is 0 Å². The van der Waals surface area contributed by atoms with Crippen LogP contribution in [0.5, 0.6) is 0 Å². The number of aromatic nitrogens is 1. The van der Waals surface area contributed by atoms with Crippen LogP contribution in [-0.2, 0) is 13.1 Å². The maximum atomic E-state index is 2.45. The topological polar surface area (TPSA) is 7.12 Å². The van der Waals surface area contributed by atoms with Gasteiger partial charge in [0.05, 0.1) is 13.2 Å². The van der Waals surface area contributed by atoms with E-state index in [1.165, 1.54) is 28.7 Å². The molecular formula is C14H15N2Si+. The maximum absolute atomic E-state index is 2.45. The second-order valence-corrected chi connectivity index (χ2v) is 5.54. The molecule has 0 N–H and O–H groups in total. The summed E-state index contributed by atoms with van der Waals surface area (Å²) in [5.41, 5.74) is 4.14. The minimum Gasteiger partial charge on any atom is -0.274 e. The number of aryl methyl sites for hydroxylation is 2. The molecular weight excluding hydrogens is 224 g/mol. The van der Waals surface area contributed by atoms with Gasteiger partial charge in [0.2, 0.25) is 0 Å². The predicted molar refractivity (Wildman–Crippen MR) is 70.4 cm³/mol. The van der Waals surface area contributed by atoms with Crippen molar-refractivity contribution in [1.29, 1.82) is 0 Å². The van der Waals surface area contributed by atoms with Crippen molar-refractivity contribution in [3.05, 3.63) is 53.7 Å².